The van der Waals surface area contributed by atoms with Crippen LogP contribution in [0.15, 0.2) is 24.3 Å². The summed E-state index contributed by atoms with van der Waals surface area (Å²) in [4.78, 5) is 12.1. The molecule has 0 aliphatic carbocycles. The van der Waals surface area contributed by atoms with Crippen molar-refractivity contribution in [1.82, 2.24) is 5.32 Å². The minimum atomic E-state index is 0.0500. The summed E-state index contributed by atoms with van der Waals surface area (Å²) in [5.41, 5.74) is 1.84. The molecule has 1 rings (SSSR count). The van der Waals surface area contributed by atoms with Gasteiger partial charge in [0.25, 0.3) is 0 Å². The van der Waals surface area contributed by atoms with E-state index >= 15 is 0 Å². The molecule has 0 bridgehead atoms. The minimum Gasteiger partial charge on any atom is -0.504 e. The maximum Gasteiger partial charge on any atom is 0.220 e. The van der Waals surface area contributed by atoms with Crippen molar-refractivity contribution in [3.8, 4) is 11.5 Å². The molecule has 0 fully saturated rings. The smallest absolute Gasteiger partial charge is 0.220 e. The number of carbonyl (C=O) groups is 1. The molecule has 0 aliphatic heterocycles. The van der Waals surface area contributed by atoms with Gasteiger partial charge in [0.05, 0.1) is 7.11 Å². The number of amides is 1. The van der Waals surface area contributed by atoms with Gasteiger partial charge in [0.1, 0.15) is 0 Å². The summed E-state index contributed by atoms with van der Waals surface area (Å²) in [5, 5.41) is 13.3. The van der Waals surface area contributed by atoms with E-state index in [2.05, 4.69) is 52.1 Å². The fourth-order valence-electron chi connectivity index (χ4n) is 2.90. The lowest BCUT2D eigenvalue weighted by Gasteiger charge is -2.20. The zero-order valence-corrected chi connectivity index (χ0v) is 17.9. The first kappa shape index (κ1) is 23.1. The largest absolute Gasteiger partial charge is 0.504 e. The van der Waals surface area contributed by atoms with Gasteiger partial charge in [-0.1, -0.05) is 52.8 Å². The molecule has 0 radical (unpaired) electrons. The van der Waals surface area contributed by atoms with Gasteiger partial charge in [-0.15, -0.1) is 0 Å². The molecule has 2 N–H and O–H groups in total. The third-order valence-electron chi connectivity index (χ3n) is 4.19. The molecular formula is C23H37NO3. The van der Waals surface area contributed by atoms with Crippen LogP contribution in [0.4, 0.5) is 0 Å². The highest BCUT2D eigenvalue weighted by Crippen LogP contribution is 2.35. The van der Waals surface area contributed by atoms with Crippen molar-refractivity contribution in [2.75, 3.05) is 7.11 Å². The van der Waals surface area contributed by atoms with E-state index < -0.39 is 0 Å². The van der Waals surface area contributed by atoms with Gasteiger partial charge in [-0.25, -0.2) is 0 Å². The van der Waals surface area contributed by atoms with Crippen molar-refractivity contribution in [3.05, 3.63) is 35.4 Å². The zero-order chi connectivity index (χ0) is 20.4. The second-order valence-corrected chi connectivity index (χ2v) is 8.74. The fourth-order valence-corrected chi connectivity index (χ4v) is 2.90. The molecule has 1 aromatic rings. The molecule has 27 heavy (non-hydrogen) atoms. The maximum absolute atomic E-state index is 12.1. The number of phenols is 1. The molecule has 0 aliphatic rings. The molecule has 0 saturated heterocycles. The number of carbonyl (C=O) groups excluding carboxylic acids is 1. The van der Waals surface area contributed by atoms with E-state index in [1.54, 1.807) is 13.2 Å². The number of ether oxygens (including phenoxy) is 1. The molecule has 1 aromatic carbocycles. The molecule has 4 nitrogen and oxygen atoms in total. The van der Waals surface area contributed by atoms with E-state index in [9.17, 15) is 9.90 Å². The van der Waals surface area contributed by atoms with Gasteiger partial charge < -0.3 is 15.2 Å². The van der Waals surface area contributed by atoms with Gasteiger partial charge in [-0.05, 0) is 54.2 Å². The van der Waals surface area contributed by atoms with Gasteiger partial charge in [0.2, 0.25) is 5.91 Å². The number of aromatic hydroxyl groups is 1. The third-order valence-corrected chi connectivity index (χ3v) is 4.19. The van der Waals surface area contributed by atoms with E-state index in [0.29, 0.717) is 24.6 Å². The van der Waals surface area contributed by atoms with Crippen molar-refractivity contribution in [1.29, 1.82) is 0 Å². The van der Waals surface area contributed by atoms with Crippen LogP contribution in [0.2, 0.25) is 0 Å². The summed E-state index contributed by atoms with van der Waals surface area (Å²) in [6.45, 7) is 11.2. The topological polar surface area (TPSA) is 58.6 Å². The molecule has 0 heterocycles. The van der Waals surface area contributed by atoms with Crippen LogP contribution in [-0.4, -0.2) is 18.1 Å². The van der Waals surface area contributed by atoms with Crippen LogP contribution in [0.25, 0.3) is 0 Å². The fraction of sp³-hybridized carbons (Fsp3) is 0.609. The summed E-state index contributed by atoms with van der Waals surface area (Å²) < 4.78 is 5.30. The van der Waals surface area contributed by atoms with Crippen LogP contribution in [0.1, 0.15) is 71.4 Å². The van der Waals surface area contributed by atoms with Crippen molar-refractivity contribution >= 4 is 5.91 Å². The summed E-state index contributed by atoms with van der Waals surface area (Å²) in [7, 11) is 1.55. The summed E-state index contributed by atoms with van der Waals surface area (Å²) >= 11 is 0. The highest BCUT2D eigenvalue weighted by atomic mass is 16.5. The molecule has 0 unspecified atom stereocenters. The average Bonchev–Trinajstić information content (AvgIpc) is 2.56. The van der Waals surface area contributed by atoms with E-state index in [4.69, 9.17) is 4.74 Å². The first-order valence-electron chi connectivity index (χ1n) is 9.94. The van der Waals surface area contributed by atoms with E-state index in [-0.39, 0.29) is 17.1 Å². The van der Waals surface area contributed by atoms with E-state index in [1.807, 2.05) is 6.07 Å². The van der Waals surface area contributed by atoms with Gasteiger partial charge in [-0.2, -0.15) is 0 Å². The van der Waals surface area contributed by atoms with Crippen molar-refractivity contribution in [3.63, 3.8) is 0 Å². The zero-order valence-electron chi connectivity index (χ0n) is 17.9. The van der Waals surface area contributed by atoms with Crippen LogP contribution >= 0.6 is 0 Å². The number of phenolic OH excluding ortho intramolecular Hbond substituents is 1. The van der Waals surface area contributed by atoms with Crippen molar-refractivity contribution < 1.29 is 14.6 Å². The number of methoxy groups -OCH3 is 1. The predicted molar refractivity (Wildman–Crippen MR) is 112 cm³/mol. The van der Waals surface area contributed by atoms with Crippen molar-refractivity contribution in [2.24, 2.45) is 11.3 Å². The lowest BCUT2D eigenvalue weighted by Crippen LogP contribution is -2.22. The lowest BCUT2D eigenvalue weighted by atomic mass is 9.87. The lowest BCUT2D eigenvalue weighted by molar-refractivity contribution is -0.121. The number of hydrogen-bond donors (Lipinski definition) is 2. The van der Waals surface area contributed by atoms with Gasteiger partial charge in [0.15, 0.2) is 11.5 Å². The standard InChI is InChI=1S/C23H37NO3/c1-17(2)11-9-7-8-10-12-21(25)24-16-18-13-19(15-23(3,4)5)22(26)20(14-18)27-6/h9,11,13-14,17,26H,7-8,10,12,15-16H2,1-6H3,(H,24,25)/b11-9+. The molecule has 4 heteroatoms. The normalized spacial score (nSPS) is 12.0. The van der Waals surface area contributed by atoms with E-state index in [0.717, 1.165) is 36.8 Å². The highest BCUT2D eigenvalue weighted by Gasteiger charge is 2.18. The third kappa shape index (κ3) is 9.50. The van der Waals surface area contributed by atoms with Gasteiger partial charge in [-0.3, -0.25) is 4.79 Å². The van der Waals surface area contributed by atoms with Crippen LogP contribution in [-0.2, 0) is 17.8 Å². The molecule has 0 aromatic heterocycles. The first-order valence-corrected chi connectivity index (χ1v) is 9.94. The van der Waals surface area contributed by atoms with Crippen LogP contribution in [0, 0.1) is 11.3 Å². The Morgan fingerprint density at radius 1 is 1.26 bits per heavy atom. The SMILES string of the molecule is COc1cc(CNC(=O)CCCC/C=C/C(C)C)cc(CC(C)(C)C)c1O. The minimum absolute atomic E-state index is 0.0500. The van der Waals surface area contributed by atoms with Crippen molar-refractivity contribution in [2.45, 2.75) is 73.3 Å². The average molecular weight is 376 g/mol. The second kappa shape index (κ2) is 11.0. The highest BCUT2D eigenvalue weighted by molar-refractivity contribution is 5.75. The molecule has 152 valence electrons. The first-order chi connectivity index (χ1) is 12.6. The van der Waals surface area contributed by atoms with Crippen LogP contribution in [0.5, 0.6) is 11.5 Å². The Kier molecular flexibility index (Phi) is 9.40. The van der Waals surface area contributed by atoms with Crippen LogP contribution < -0.4 is 10.1 Å². The molecule has 0 spiro atoms. The van der Waals surface area contributed by atoms with Gasteiger partial charge >= 0.3 is 0 Å². The Labute approximate surface area is 165 Å². The molecule has 0 saturated carbocycles. The quantitative estimate of drug-likeness (QED) is 0.426. The van der Waals surface area contributed by atoms with E-state index in [1.165, 1.54) is 0 Å². The molecule has 1 amide bonds. The Morgan fingerprint density at radius 3 is 2.56 bits per heavy atom. The molecular weight excluding hydrogens is 338 g/mol. The number of nitrogens with one attached hydrogen (secondary N) is 1. The van der Waals surface area contributed by atoms with Crippen LogP contribution in [0.3, 0.4) is 0 Å². The maximum atomic E-state index is 12.1. The summed E-state index contributed by atoms with van der Waals surface area (Å²) in [6, 6.07) is 3.75. The van der Waals surface area contributed by atoms with Gasteiger partial charge in [0, 0.05) is 13.0 Å². The number of hydrogen-bond acceptors (Lipinski definition) is 3. The summed E-state index contributed by atoms with van der Waals surface area (Å²) in [6.07, 6.45) is 8.62. The number of unbranched alkanes of at least 4 members (excludes halogenated alkanes) is 2. The molecule has 0 atom stereocenters. The Balaban J connectivity index is 2.55. The predicted octanol–water partition coefficient (Wildman–Crippen LogP) is 5.38. The Morgan fingerprint density at radius 2 is 1.96 bits per heavy atom. The second-order valence-electron chi connectivity index (χ2n) is 8.74. The number of benzene rings is 1. The Bertz CT molecular complexity index is 627. The monoisotopic (exact) mass is 375 g/mol. The summed E-state index contributed by atoms with van der Waals surface area (Å²) in [5.74, 6) is 1.29. The number of rotatable bonds is 10. The Hall–Kier alpha value is -1.97. The number of allylic oxidation sites excluding steroid dienone is 2.